The summed E-state index contributed by atoms with van der Waals surface area (Å²) < 4.78 is 9.88. The third-order valence-electron chi connectivity index (χ3n) is 0.694. The zero-order valence-electron chi connectivity index (χ0n) is 6.05. The van der Waals surface area contributed by atoms with E-state index in [9.17, 15) is 0 Å². The van der Waals surface area contributed by atoms with Gasteiger partial charge in [0, 0.05) is 13.8 Å². The fourth-order valence-electron chi connectivity index (χ4n) is 0.371. The summed E-state index contributed by atoms with van der Waals surface area (Å²) in [5.74, 6) is 0. The second-order valence-electron chi connectivity index (χ2n) is 1.68. The minimum atomic E-state index is 0.476. The Hall–Kier alpha value is -0.220. The van der Waals surface area contributed by atoms with Crippen LogP contribution in [-0.2, 0) is 9.47 Å². The van der Waals surface area contributed by atoms with Gasteiger partial charge in [-0.2, -0.15) is 0 Å². The van der Waals surface area contributed by atoms with E-state index in [1.807, 2.05) is 0 Å². The van der Waals surface area contributed by atoms with Crippen molar-refractivity contribution in [2.45, 2.75) is 13.8 Å². The normalized spacial score (nSPS) is 8.60. The SMILES string of the molecule is CC(=S)OCCOC(C)=S. The van der Waals surface area contributed by atoms with E-state index in [1.54, 1.807) is 13.8 Å². The zero-order valence-corrected chi connectivity index (χ0v) is 7.68. The number of hydrogen-bond acceptors (Lipinski definition) is 4. The molecule has 0 saturated carbocycles. The summed E-state index contributed by atoms with van der Waals surface area (Å²) in [6.07, 6.45) is 0. The number of ether oxygens (including phenoxy) is 2. The highest BCUT2D eigenvalue weighted by Gasteiger charge is 1.89. The van der Waals surface area contributed by atoms with Crippen LogP contribution in [0.15, 0.2) is 0 Å². The van der Waals surface area contributed by atoms with Crippen LogP contribution >= 0.6 is 24.4 Å². The molecular weight excluding hydrogens is 168 g/mol. The number of thiocarbonyl (C=S) groups is 2. The number of rotatable bonds is 3. The van der Waals surface area contributed by atoms with Crippen molar-refractivity contribution < 1.29 is 9.47 Å². The lowest BCUT2D eigenvalue weighted by Crippen LogP contribution is -2.07. The molecule has 0 atom stereocenters. The topological polar surface area (TPSA) is 18.5 Å². The predicted octanol–water partition coefficient (Wildman–Crippen LogP) is 1.71. The van der Waals surface area contributed by atoms with E-state index in [0.29, 0.717) is 23.3 Å². The van der Waals surface area contributed by atoms with E-state index in [0.717, 1.165) is 0 Å². The van der Waals surface area contributed by atoms with Gasteiger partial charge in [0.1, 0.15) is 13.2 Å². The molecule has 0 N–H and O–H groups in total. The minimum absolute atomic E-state index is 0.476. The molecule has 0 aliphatic rings. The molecule has 0 amide bonds. The molecule has 4 heteroatoms. The highest BCUT2D eigenvalue weighted by molar-refractivity contribution is 7.80. The van der Waals surface area contributed by atoms with Gasteiger partial charge in [-0.25, -0.2) is 0 Å². The molecule has 0 rings (SSSR count). The highest BCUT2D eigenvalue weighted by Crippen LogP contribution is 1.83. The van der Waals surface area contributed by atoms with Crippen molar-refractivity contribution in [2.24, 2.45) is 0 Å². The molecule has 0 fully saturated rings. The Balaban J connectivity index is 3.06. The summed E-state index contributed by atoms with van der Waals surface area (Å²) in [4.78, 5) is 0. The van der Waals surface area contributed by atoms with Crippen LogP contribution in [0.25, 0.3) is 0 Å². The van der Waals surface area contributed by atoms with Crippen LogP contribution < -0.4 is 0 Å². The van der Waals surface area contributed by atoms with Crippen LogP contribution in [0.3, 0.4) is 0 Å². The van der Waals surface area contributed by atoms with Gasteiger partial charge in [0.25, 0.3) is 0 Å². The van der Waals surface area contributed by atoms with Gasteiger partial charge in [-0.05, 0) is 24.4 Å². The Morgan fingerprint density at radius 1 is 1.00 bits per heavy atom. The first-order valence-electron chi connectivity index (χ1n) is 2.89. The standard InChI is InChI=1S/C6H10O2S2/c1-5(9)7-3-4-8-6(2)10/h3-4H2,1-2H3. The van der Waals surface area contributed by atoms with Gasteiger partial charge in [0.2, 0.25) is 0 Å². The molecule has 0 radical (unpaired) electrons. The Labute approximate surface area is 71.5 Å². The summed E-state index contributed by atoms with van der Waals surface area (Å²) >= 11 is 9.33. The van der Waals surface area contributed by atoms with Gasteiger partial charge in [0.15, 0.2) is 10.1 Å². The fraction of sp³-hybridized carbons (Fsp3) is 0.667. The van der Waals surface area contributed by atoms with E-state index < -0.39 is 0 Å². The van der Waals surface area contributed by atoms with Crippen molar-refractivity contribution in [3.05, 3.63) is 0 Å². The van der Waals surface area contributed by atoms with Crippen molar-refractivity contribution in [1.29, 1.82) is 0 Å². The van der Waals surface area contributed by atoms with E-state index in [-0.39, 0.29) is 0 Å². The van der Waals surface area contributed by atoms with Gasteiger partial charge < -0.3 is 9.47 Å². The predicted molar refractivity (Wildman–Crippen MR) is 48.4 cm³/mol. The first-order valence-corrected chi connectivity index (χ1v) is 3.71. The quantitative estimate of drug-likeness (QED) is 0.483. The van der Waals surface area contributed by atoms with Crippen LogP contribution in [0.2, 0.25) is 0 Å². The average Bonchev–Trinajstić information content (AvgIpc) is 1.79. The second-order valence-corrected chi connectivity index (χ2v) is 2.83. The monoisotopic (exact) mass is 178 g/mol. The van der Waals surface area contributed by atoms with Crippen LogP contribution in [0.4, 0.5) is 0 Å². The lowest BCUT2D eigenvalue weighted by molar-refractivity contribution is 0.206. The van der Waals surface area contributed by atoms with Crippen LogP contribution in [-0.4, -0.2) is 23.3 Å². The minimum Gasteiger partial charge on any atom is -0.484 e. The smallest absolute Gasteiger partial charge is 0.156 e. The molecule has 2 nitrogen and oxygen atoms in total. The molecule has 0 aromatic heterocycles. The largest absolute Gasteiger partial charge is 0.484 e. The maximum atomic E-state index is 4.94. The van der Waals surface area contributed by atoms with Crippen LogP contribution in [0, 0.1) is 0 Å². The summed E-state index contributed by atoms with van der Waals surface area (Å²) in [6.45, 7) is 4.39. The average molecular weight is 178 g/mol. The molecule has 10 heavy (non-hydrogen) atoms. The van der Waals surface area contributed by atoms with Crippen molar-refractivity contribution in [3.8, 4) is 0 Å². The summed E-state index contributed by atoms with van der Waals surface area (Å²) in [5, 5.41) is 1.07. The maximum absolute atomic E-state index is 4.94. The molecule has 0 unspecified atom stereocenters. The molecule has 0 aliphatic heterocycles. The Morgan fingerprint density at radius 3 is 1.50 bits per heavy atom. The molecule has 58 valence electrons. The van der Waals surface area contributed by atoms with Gasteiger partial charge in [-0.3, -0.25) is 0 Å². The molecule has 0 aromatic rings. The molecule has 0 spiro atoms. The zero-order chi connectivity index (χ0) is 7.98. The summed E-state index contributed by atoms with van der Waals surface area (Å²) in [5.41, 5.74) is 0. The Morgan fingerprint density at radius 2 is 1.30 bits per heavy atom. The summed E-state index contributed by atoms with van der Waals surface area (Å²) in [7, 11) is 0. The van der Waals surface area contributed by atoms with Gasteiger partial charge >= 0.3 is 0 Å². The van der Waals surface area contributed by atoms with E-state index >= 15 is 0 Å². The molecule has 0 saturated heterocycles. The van der Waals surface area contributed by atoms with E-state index in [1.165, 1.54) is 0 Å². The Bertz CT molecular complexity index is 118. The van der Waals surface area contributed by atoms with Crippen LogP contribution in [0.5, 0.6) is 0 Å². The van der Waals surface area contributed by atoms with E-state index in [2.05, 4.69) is 24.4 Å². The molecular formula is C6H10O2S2. The lowest BCUT2D eigenvalue weighted by atomic mass is 10.7. The van der Waals surface area contributed by atoms with Gasteiger partial charge in [0.05, 0.1) is 0 Å². The molecule has 0 bridgehead atoms. The van der Waals surface area contributed by atoms with Crippen molar-refractivity contribution >= 4 is 34.5 Å². The highest BCUT2D eigenvalue weighted by atomic mass is 32.1. The van der Waals surface area contributed by atoms with Crippen molar-refractivity contribution in [3.63, 3.8) is 0 Å². The molecule has 0 heterocycles. The summed E-state index contributed by atoms with van der Waals surface area (Å²) in [6, 6.07) is 0. The fourth-order valence-corrected chi connectivity index (χ4v) is 0.537. The van der Waals surface area contributed by atoms with Crippen molar-refractivity contribution in [2.75, 3.05) is 13.2 Å². The third-order valence-corrected chi connectivity index (χ3v) is 0.930. The molecule has 0 aromatic carbocycles. The van der Waals surface area contributed by atoms with Gasteiger partial charge in [-0.1, -0.05) is 0 Å². The second kappa shape index (κ2) is 5.56. The van der Waals surface area contributed by atoms with Crippen LogP contribution in [0.1, 0.15) is 13.8 Å². The van der Waals surface area contributed by atoms with Crippen molar-refractivity contribution in [1.82, 2.24) is 0 Å². The first-order chi connectivity index (χ1) is 4.63. The number of hydrogen-bond donors (Lipinski definition) is 0. The third kappa shape index (κ3) is 7.78. The maximum Gasteiger partial charge on any atom is 0.156 e. The molecule has 0 aliphatic carbocycles. The van der Waals surface area contributed by atoms with E-state index in [4.69, 9.17) is 9.47 Å². The Kier molecular flexibility index (Phi) is 5.43. The van der Waals surface area contributed by atoms with Gasteiger partial charge in [-0.15, -0.1) is 0 Å². The first kappa shape index (κ1) is 9.78. The lowest BCUT2D eigenvalue weighted by Gasteiger charge is -2.03.